The molecule has 0 spiro atoms. The highest BCUT2D eigenvalue weighted by atomic mass is 16.6. The number of rotatable bonds is 4. The Balaban J connectivity index is 2.63. The Kier molecular flexibility index (Phi) is 5.08. The third kappa shape index (κ3) is 4.33. The molecule has 1 saturated heterocycles. The van der Waals surface area contributed by atoms with Crippen LogP contribution in [0.3, 0.4) is 0 Å². The summed E-state index contributed by atoms with van der Waals surface area (Å²) in [6, 6.07) is 0. The molecule has 0 saturated carbocycles. The van der Waals surface area contributed by atoms with Gasteiger partial charge in [0.2, 0.25) is 0 Å². The van der Waals surface area contributed by atoms with E-state index in [4.69, 9.17) is 18.9 Å². The number of esters is 3. The van der Waals surface area contributed by atoms with Crippen molar-refractivity contribution in [2.45, 2.75) is 39.1 Å². The van der Waals surface area contributed by atoms with E-state index in [1.807, 2.05) is 0 Å². The Bertz CT molecular complexity index is 338. The topological polar surface area (TPSA) is 88.1 Å². The summed E-state index contributed by atoms with van der Waals surface area (Å²) in [6.45, 7) is 3.81. The van der Waals surface area contributed by atoms with Gasteiger partial charge in [-0.2, -0.15) is 0 Å². The van der Waals surface area contributed by atoms with Crippen LogP contribution in [0.5, 0.6) is 0 Å². The van der Waals surface area contributed by atoms with Crippen LogP contribution in [0.4, 0.5) is 0 Å². The lowest BCUT2D eigenvalue weighted by Gasteiger charge is -2.21. The van der Waals surface area contributed by atoms with Gasteiger partial charge in [0.1, 0.15) is 12.7 Å². The molecule has 102 valence electrons. The zero-order chi connectivity index (χ0) is 13.7. The monoisotopic (exact) mass is 260 g/mol. The SMILES string of the molecule is CC(=O)OC[C@@H]1OC[C@@H](OC(C)=O)[C@H]1OC(C)=O. The summed E-state index contributed by atoms with van der Waals surface area (Å²) in [6.07, 6.45) is -2.06. The molecule has 0 aromatic carbocycles. The van der Waals surface area contributed by atoms with Crippen molar-refractivity contribution >= 4 is 17.9 Å². The van der Waals surface area contributed by atoms with Crippen molar-refractivity contribution in [3.63, 3.8) is 0 Å². The maximum absolute atomic E-state index is 11.0. The molecule has 0 amide bonds. The molecule has 0 bridgehead atoms. The van der Waals surface area contributed by atoms with E-state index < -0.39 is 36.2 Å². The highest BCUT2D eigenvalue weighted by Crippen LogP contribution is 2.21. The zero-order valence-corrected chi connectivity index (χ0v) is 10.5. The zero-order valence-electron chi connectivity index (χ0n) is 10.5. The van der Waals surface area contributed by atoms with Gasteiger partial charge in [0.25, 0.3) is 0 Å². The summed E-state index contributed by atoms with van der Waals surface area (Å²) in [7, 11) is 0. The lowest BCUT2D eigenvalue weighted by atomic mass is 10.1. The predicted molar refractivity (Wildman–Crippen MR) is 57.5 cm³/mol. The number of carbonyl (C=O) groups is 3. The van der Waals surface area contributed by atoms with Gasteiger partial charge < -0.3 is 18.9 Å². The summed E-state index contributed by atoms with van der Waals surface area (Å²) in [5.41, 5.74) is 0. The van der Waals surface area contributed by atoms with Crippen molar-refractivity contribution in [2.75, 3.05) is 13.2 Å². The molecule has 0 radical (unpaired) electrons. The maximum atomic E-state index is 11.0. The van der Waals surface area contributed by atoms with E-state index in [1.54, 1.807) is 0 Å². The molecule has 1 fully saturated rings. The molecule has 0 unspecified atom stereocenters. The fraction of sp³-hybridized carbons (Fsp3) is 0.727. The molecule has 1 aliphatic rings. The lowest BCUT2D eigenvalue weighted by Crippen LogP contribution is -2.39. The second-order valence-electron chi connectivity index (χ2n) is 3.90. The summed E-state index contributed by atoms with van der Waals surface area (Å²) < 4.78 is 20.1. The van der Waals surface area contributed by atoms with Crippen molar-refractivity contribution in [3.8, 4) is 0 Å². The van der Waals surface area contributed by atoms with E-state index in [1.165, 1.54) is 20.8 Å². The predicted octanol–water partition coefficient (Wildman–Crippen LogP) is -0.188. The third-order valence-electron chi connectivity index (χ3n) is 2.28. The number of hydrogen-bond acceptors (Lipinski definition) is 7. The first-order valence-corrected chi connectivity index (χ1v) is 5.49. The summed E-state index contributed by atoms with van der Waals surface area (Å²) >= 11 is 0. The van der Waals surface area contributed by atoms with Gasteiger partial charge in [-0.1, -0.05) is 0 Å². The Morgan fingerprint density at radius 2 is 1.67 bits per heavy atom. The van der Waals surface area contributed by atoms with Gasteiger partial charge >= 0.3 is 17.9 Å². The molecule has 1 aliphatic heterocycles. The van der Waals surface area contributed by atoms with Crippen LogP contribution >= 0.6 is 0 Å². The molecule has 1 rings (SSSR count). The van der Waals surface area contributed by atoms with Gasteiger partial charge in [0, 0.05) is 20.8 Å². The van der Waals surface area contributed by atoms with Crippen LogP contribution in [0.1, 0.15) is 20.8 Å². The van der Waals surface area contributed by atoms with E-state index in [9.17, 15) is 14.4 Å². The Hall–Kier alpha value is -1.63. The molecular weight excluding hydrogens is 244 g/mol. The van der Waals surface area contributed by atoms with Crippen molar-refractivity contribution in [1.82, 2.24) is 0 Å². The molecular formula is C11H16O7. The van der Waals surface area contributed by atoms with Crippen molar-refractivity contribution < 1.29 is 33.3 Å². The molecule has 0 aliphatic carbocycles. The van der Waals surface area contributed by atoms with E-state index in [2.05, 4.69) is 0 Å². The van der Waals surface area contributed by atoms with E-state index in [0.29, 0.717) is 0 Å². The molecule has 0 N–H and O–H groups in total. The average molecular weight is 260 g/mol. The first-order valence-electron chi connectivity index (χ1n) is 5.49. The minimum atomic E-state index is -0.759. The van der Waals surface area contributed by atoms with E-state index in [-0.39, 0.29) is 13.2 Å². The van der Waals surface area contributed by atoms with Crippen LogP contribution in [0.2, 0.25) is 0 Å². The Labute approximate surface area is 104 Å². The maximum Gasteiger partial charge on any atom is 0.303 e. The molecule has 7 nitrogen and oxygen atoms in total. The average Bonchev–Trinajstić information content (AvgIpc) is 2.57. The van der Waals surface area contributed by atoms with Crippen LogP contribution in [0, 0.1) is 0 Å². The van der Waals surface area contributed by atoms with Gasteiger partial charge in [-0.05, 0) is 0 Å². The first-order chi connectivity index (χ1) is 8.40. The number of ether oxygens (including phenoxy) is 4. The first kappa shape index (κ1) is 14.4. The van der Waals surface area contributed by atoms with Crippen LogP contribution in [0.25, 0.3) is 0 Å². The van der Waals surface area contributed by atoms with Crippen molar-refractivity contribution in [2.24, 2.45) is 0 Å². The highest BCUT2D eigenvalue weighted by molar-refractivity contribution is 5.67. The molecule has 1 heterocycles. The van der Waals surface area contributed by atoms with Crippen LogP contribution in [0.15, 0.2) is 0 Å². The molecule has 3 atom stereocenters. The smallest absolute Gasteiger partial charge is 0.303 e. The van der Waals surface area contributed by atoms with Gasteiger partial charge in [-0.3, -0.25) is 14.4 Å². The second kappa shape index (κ2) is 6.34. The largest absolute Gasteiger partial charge is 0.463 e. The highest BCUT2D eigenvalue weighted by Gasteiger charge is 2.42. The quantitative estimate of drug-likeness (QED) is 0.511. The molecule has 0 aromatic rings. The van der Waals surface area contributed by atoms with Crippen molar-refractivity contribution in [3.05, 3.63) is 0 Å². The summed E-state index contributed by atoms with van der Waals surface area (Å²) in [5.74, 6) is -1.47. The van der Waals surface area contributed by atoms with Gasteiger partial charge in [0.15, 0.2) is 12.2 Å². The molecule has 18 heavy (non-hydrogen) atoms. The van der Waals surface area contributed by atoms with Crippen LogP contribution in [-0.4, -0.2) is 49.4 Å². The number of carbonyl (C=O) groups excluding carboxylic acids is 3. The minimum Gasteiger partial charge on any atom is -0.463 e. The van der Waals surface area contributed by atoms with Gasteiger partial charge in [0.05, 0.1) is 6.61 Å². The number of hydrogen-bond donors (Lipinski definition) is 0. The Morgan fingerprint density at radius 3 is 2.17 bits per heavy atom. The van der Waals surface area contributed by atoms with Gasteiger partial charge in [-0.25, -0.2) is 0 Å². The normalized spacial score (nSPS) is 26.5. The summed E-state index contributed by atoms with van der Waals surface area (Å²) in [4.78, 5) is 32.6. The van der Waals surface area contributed by atoms with Crippen LogP contribution < -0.4 is 0 Å². The fourth-order valence-electron chi connectivity index (χ4n) is 1.65. The third-order valence-corrected chi connectivity index (χ3v) is 2.28. The molecule has 0 aromatic heterocycles. The molecule has 7 heteroatoms. The fourth-order valence-corrected chi connectivity index (χ4v) is 1.65. The lowest BCUT2D eigenvalue weighted by molar-refractivity contribution is -0.165. The Morgan fingerprint density at radius 1 is 1.06 bits per heavy atom. The standard InChI is InChI=1S/C11H16O7/c1-6(12)15-4-9-11(18-8(3)14)10(5-16-9)17-7(2)13/h9-11H,4-5H2,1-3H3/t9-,10+,11-/m0/s1. The summed E-state index contributed by atoms with van der Waals surface area (Å²) in [5, 5.41) is 0. The van der Waals surface area contributed by atoms with E-state index >= 15 is 0 Å². The van der Waals surface area contributed by atoms with Gasteiger partial charge in [-0.15, -0.1) is 0 Å². The van der Waals surface area contributed by atoms with Crippen LogP contribution in [-0.2, 0) is 33.3 Å². The van der Waals surface area contributed by atoms with E-state index in [0.717, 1.165) is 0 Å². The van der Waals surface area contributed by atoms with Crippen molar-refractivity contribution in [1.29, 1.82) is 0 Å². The minimum absolute atomic E-state index is 0.0506. The second-order valence-corrected chi connectivity index (χ2v) is 3.90.